The third-order valence-corrected chi connectivity index (χ3v) is 3.07. The van der Waals surface area contributed by atoms with Crippen molar-refractivity contribution in [1.29, 1.82) is 0 Å². The number of pyridine rings is 1. The Balaban J connectivity index is 2.31. The molecule has 19 heavy (non-hydrogen) atoms. The summed E-state index contributed by atoms with van der Waals surface area (Å²) < 4.78 is 0. The molecular weight excluding hydrogens is 240 g/mol. The molecule has 0 aliphatic heterocycles. The van der Waals surface area contributed by atoms with Crippen molar-refractivity contribution in [2.45, 2.75) is 46.5 Å². The van der Waals surface area contributed by atoms with E-state index in [1.165, 1.54) is 0 Å². The molecule has 0 saturated carbocycles. The van der Waals surface area contributed by atoms with Gasteiger partial charge in [0.2, 0.25) is 5.91 Å². The number of nitrogens with zero attached hydrogens (tertiary/aromatic N) is 2. The lowest BCUT2D eigenvalue weighted by Crippen LogP contribution is -2.12. The number of rotatable bonds is 5. The monoisotopic (exact) mass is 260 g/mol. The lowest BCUT2D eigenvalue weighted by Gasteiger charge is -2.07. The van der Waals surface area contributed by atoms with Crippen molar-refractivity contribution in [1.82, 2.24) is 15.0 Å². The second-order valence-electron chi connectivity index (χ2n) is 4.73. The number of aromatic nitrogens is 3. The lowest BCUT2D eigenvalue weighted by atomic mass is 10.2. The van der Waals surface area contributed by atoms with E-state index in [2.05, 4.69) is 27.2 Å². The minimum atomic E-state index is 0.0278. The topological polar surface area (TPSA) is 70.7 Å². The molecule has 0 atom stereocenters. The zero-order valence-electron chi connectivity index (χ0n) is 11.7. The molecule has 2 aromatic heterocycles. The van der Waals surface area contributed by atoms with Crippen molar-refractivity contribution in [3.63, 3.8) is 0 Å². The smallest absolute Gasteiger partial charge is 0.224 e. The molecule has 0 spiro atoms. The second kappa shape index (κ2) is 5.82. The van der Waals surface area contributed by atoms with Crippen molar-refractivity contribution < 1.29 is 4.79 Å². The molecular formula is C14H20N4O. The molecule has 2 heterocycles. The molecule has 5 heteroatoms. The Morgan fingerprint density at radius 3 is 2.84 bits per heavy atom. The van der Waals surface area contributed by atoms with Crippen LogP contribution in [-0.4, -0.2) is 20.9 Å². The minimum absolute atomic E-state index is 0.0278. The molecule has 2 N–H and O–H groups in total. The molecule has 0 unspecified atom stereocenters. The quantitative estimate of drug-likeness (QED) is 0.868. The molecule has 0 aliphatic rings. The third kappa shape index (κ3) is 2.92. The van der Waals surface area contributed by atoms with Crippen LogP contribution < -0.4 is 5.32 Å². The fourth-order valence-electron chi connectivity index (χ4n) is 2.04. The van der Waals surface area contributed by atoms with Gasteiger partial charge in [0.25, 0.3) is 0 Å². The number of amides is 1. The number of H-pyrrole nitrogens is 1. The Labute approximate surface area is 112 Å². The van der Waals surface area contributed by atoms with Gasteiger partial charge in [0.05, 0.1) is 17.4 Å². The van der Waals surface area contributed by atoms with E-state index in [4.69, 9.17) is 0 Å². The standard InChI is InChI=1S/C14H20N4O/c1-4-6-11-17-13-9(3)10(8-15-14(13)18-11)16-12(19)7-5-2/h8H,4-7H2,1-3H3,(H,16,19)(H,15,17,18). The largest absolute Gasteiger partial charge is 0.340 e. The van der Waals surface area contributed by atoms with Crippen LogP contribution in [0.2, 0.25) is 0 Å². The fraction of sp³-hybridized carbons (Fsp3) is 0.500. The molecule has 0 aromatic carbocycles. The number of hydrogen-bond acceptors (Lipinski definition) is 3. The van der Waals surface area contributed by atoms with Gasteiger partial charge >= 0.3 is 0 Å². The normalized spacial score (nSPS) is 10.9. The summed E-state index contributed by atoms with van der Waals surface area (Å²) in [7, 11) is 0. The third-order valence-electron chi connectivity index (χ3n) is 3.07. The van der Waals surface area contributed by atoms with Crippen LogP contribution in [0.1, 0.15) is 44.5 Å². The van der Waals surface area contributed by atoms with E-state index in [9.17, 15) is 4.79 Å². The highest BCUT2D eigenvalue weighted by atomic mass is 16.1. The number of carbonyl (C=O) groups excluding carboxylic acids is 1. The van der Waals surface area contributed by atoms with Crippen molar-refractivity contribution in [2.75, 3.05) is 5.32 Å². The van der Waals surface area contributed by atoms with Crippen molar-refractivity contribution in [3.05, 3.63) is 17.6 Å². The van der Waals surface area contributed by atoms with Crippen LogP contribution in [0.15, 0.2) is 6.20 Å². The van der Waals surface area contributed by atoms with Gasteiger partial charge in [-0.25, -0.2) is 9.97 Å². The van der Waals surface area contributed by atoms with Crippen LogP contribution in [0.3, 0.4) is 0 Å². The number of carbonyl (C=O) groups is 1. The lowest BCUT2D eigenvalue weighted by molar-refractivity contribution is -0.116. The zero-order valence-corrected chi connectivity index (χ0v) is 11.7. The van der Waals surface area contributed by atoms with Gasteiger partial charge in [0.1, 0.15) is 5.82 Å². The van der Waals surface area contributed by atoms with Crippen molar-refractivity contribution in [3.8, 4) is 0 Å². The Morgan fingerprint density at radius 2 is 2.16 bits per heavy atom. The first-order chi connectivity index (χ1) is 9.15. The molecule has 0 saturated heterocycles. The van der Waals surface area contributed by atoms with Gasteiger partial charge in [-0.05, 0) is 19.8 Å². The molecule has 2 rings (SSSR count). The van der Waals surface area contributed by atoms with Crippen LogP contribution in [0, 0.1) is 6.92 Å². The zero-order chi connectivity index (χ0) is 13.8. The van der Waals surface area contributed by atoms with Crippen LogP contribution in [0.4, 0.5) is 5.69 Å². The Morgan fingerprint density at radius 1 is 1.37 bits per heavy atom. The Kier molecular flexibility index (Phi) is 4.14. The number of fused-ring (bicyclic) bond motifs is 1. The Hall–Kier alpha value is -1.91. The number of aryl methyl sites for hydroxylation is 2. The number of anilines is 1. The van der Waals surface area contributed by atoms with Crippen LogP contribution in [-0.2, 0) is 11.2 Å². The number of hydrogen-bond donors (Lipinski definition) is 2. The summed E-state index contributed by atoms with van der Waals surface area (Å²) in [5.41, 5.74) is 3.38. The Bertz CT molecular complexity index is 588. The maximum absolute atomic E-state index is 11.6. The van der Waals surface area contributed by atoms with E-state index in [0.717, 1.165) is 47.5 Å². The summed E-state index contributed by atoms with van der Waals surface area (Å²) in [6, 6.07) is 0. The molecule has 102 valence electrons. The van der Waals surface area contributed by atoms with Gasteiger partial charge in [-0.2, -0.15) is 0 Å². The highest BCUT2D eigenvalue weighted by Crippen LogP contribution is 2.22. The van der Waals surface area contributed by atoms with Gasteiger partial charge in [-0.3, -0.25) is 4.79 Å². The van der Waals surface area contributed by atoms with Gasteiger partial charge in [0, 0.05) is 18.4 Å². The number of nitrogens with one attached hydrogen (secondary N) is 2. The molecule has 0 fully saturated rings. The first kappa shape index (κ1) is 13.5. The summed E-state index contributed by atoms with van der Waals surface area (Å²) >= 11 is 0. The molecule has 0 bridgehead atoms. The number of aromatic amines is 1. The van der Waals surface area contributed by atoms with E-state index < -0.39 is 0 Å². The van der Waals surface area contributed by atoms with Crippen LogP contribution in [0.25, 0.3) is 11.2 Å². The van der Waals surface area contributed by atoms with Crippen LogP contribution >= 0.6 is 0 Å². The SMILES string of the molecule is CCCC(=O)Nc1cnc2nc(CCC)[nH]c2c1C. The highest BCUT2D eigenvalue weighted by molar-refractivity contribution is 5.94. The molecule has 5 nitrogen and oxygen atoms in total. The summed E-state index contributed by atoms with van der Waals surface area (Å²) in [4.78, 5) is 23.7. The van der Waals surface area contributed by atoms with Gasteiger partial charge in [0.15, 0.2) is 5.65 Å². The minimum Gasteiger partial charge on any atom is -0.340 e. The summed E-state index contributed by atoms with van der Waals surface area (Å²) in [6.07, 6.45) is 5.00. The average molecular weight is 260 g/mol. The first-order valence-electron chi connectivity index (χ1n) is 6.79. The average Bonchev–Trinajstić information content (AvgIpc) is 2.77. The summed E-state index contributed by atoms with van der Waals surface area (Å²) in [6.45, 7) is 6.07. The summed E-state index contributed by atoms with van der Waals surface area (Å²) in [5.74, 6) is 0.977. The molecule has 1 amide bonds. The van der Waals surface area contributed by atoms with E-state index >= 15 is 0 Å². The van der Waals surface area contributed by atoms with Crippen LogP contribution in [0.5, 0.6) is 0 Å². The fourth-order valence-corrected chi connectivity index (χ4v) is 2.04. The molecule has 0 radical (unpaired) electrons. The predicted octanol–water partition coefficient (Wildman–Crippen LogP) is 2.96. The van der Waals surface area contributed by atoms with E-state index in [-0.39, 0.29) is 5.91 Å². The molecule has 0 aliphatic carbocycles. The van der Waals surface area contributed by atoms with E-state index in [1.54, 1.807) is 6.20 Å². The summed E-state index contributed by atoms with van der Waals surface area (Å²) in [5, 5.41) is 2.90. The van der Waals surface area contributed by atoms with Crippen molar-refractivity contribution in [2.24, 2.45) is 0 Å². The van der Waals surface area contributed by atoms with Gasteiger partial charge in [-0.15, -0.1) is 0 Å². The van der Waals surface area contributed by atoms with Gasteiger partial charge < -0.3 is 10.3 Å². The highest BCUT2D eigenvalue weighted by Gasteiger charge is 2.11. The predicted molar refractivity (Wildman–Crippen MR) is 76.2 cm³/mol. The number of imidazole rings is 1. The maximum Gasteiger partial charge on any atom is 0.224 e. The van der Waals surface area contributed by atoms with E-state index in [1.807, 2.05) is 13.8 Å². The second-order valence-corrected chi connectivity index (χ2v) is 4.73. The molecule has 2 aromatic rings. The maximum atomic E-state index is 11.6. The van der Waals surface area contributed by atoms with Gasteiger partial charge in [-0.1, -0.05) is 13.8 Å². The van der Waals surface area contributed by atoms with E-state index in [0.29, 0.717) is 6.42 Å². The first-order valence-corrected chi connectivity index (χ1v) is 6.79. The van der Waals surface area contributed by atoms with Crippen molar-refractivity contribution >= 4 is 22.8 Å².